The first-order valence-electron chi connectivity index (χ1n) is 6.28. The predicted molar refractivity (Wildman–Crippen MR) is 90.1 cm³/mol. The normalized spacial score (nSPS) is 18.4. The highest BCUT2D eigenvalue weighted by Gasteiger charge is 2.34. The van der Waals surface area contributed by atoms with Gasteiger partial charge in [0.2, 0.25) is 0 Å². The smallest absolute Gasteiger partial charge is 0.191 e. The van der Waals surface area contributed by atoms with Gasteiger partial charge in [-0.15, -0.1) is 30.4 Å². The van der Waals surface area contributed by atoms with Crippen molar-refractivity contribution in [1.82, 2.24) is 15.5 Å². The molecule has 1 aliphatic heterocycles. The van der Waals surface area contributed by atoms with Crippen LogP contribution in [0.25, 0.3) is 0 Å². The predicted octanol–water partition coefficient (Wildman–Crippen LogP) is 0.513. The fraction of sp³-hybridized carbons (Fsp3) is 0.769. The Hall–Kier alpha value is -0.520. The van der Waals surface area contributed by atoms with Crippen LogP contribution in [0.4, 0.5) is 0 Å². The molecule has 0 amide bonds. The van der Waals surface area contributed by atoms with Gasteiger partial charge in [0.05, 0.1) is 6.54 Å². The van der Waals surface area contributed by atoms with Crippen molar-refractivity contribution in [3.63, 3.8) is 0 Å². The lowest BCUT2D eigenvalue weighted by atomic mass is 9.88. The Balaban J connectivity index is 0.00000324. The third kappa shape index (κ3) is 5.55. The minimum absolute atomic E-state index is 0. The van der Waals surface area contributed by atoms with Gasteiger partial charge in [-0.2, -0.15) is 0 Å². The molecule has 0 bridgehead atoms. The van der Waals surface area contributed by atoms with Crippen molar-refractivity contribution in [2.24, 2.45) is 4.99 Å². The summed E-state index contributed by atoms with van der Waals surface area (Å²) >= 11 is 0. The Morgan fingerprint density at radius 3 is 2.47 bits per heavy atom. The summed E-state index contributed by atoms with van der Waals surface area (Å²) in [4.78, 5) is 6.42. The van der Waals surface area contributed by atoms with Gasteiger partial charge in [-0.1, -0.05) is 5.92 Å². The van der Waals surface area contributed by atoms with Gasteiger partial charge < -0.3 is 20.3 Å². The van der Waals surface area contributed by atoms with Gasteiger partial charge in [-0.25, -0.2) is 0 Å². The largest absolute Gasteiger partial charge is 0.381 e. The summed E-state index contributed by atoms with van der Waals surface area (Å²) < 4.78 is 5.45. The molecule has 0 spiro atoms. The molecule has 1 rings (SSSR count). The number of hydrogen-bond acceptors (Lipinski definition) is 3. The van der Waals surface area contributed by atoms with Crippen molar-refractivity contribution in [3.8, 4) is 12.3 Å². The lowest BCUT2D eigenvalue weighted by molar-refractivity contribution is -0.00500. The van der Waals surface area contributed by atoms with E-state index in [2.05, 4.69) is 40.5 Å². The molecule has 6 heteroatoms. The molecule has 0 radical (unpaired) electrons. The fourth-order valence-electron chi connectivity index (χ4n) is 2.14. The average Bonchev–Trinajstić information content (AvgIpc) is 2.40. The molecule has 0 atom stereocenters. The standard InChI is InChI=1S/C13H24N4O.HI/c1-5-8-15-12(14-2)16-11-13(17(3)4)6-9-18-10-7-13;/h1H,6-11H2,2-4H3,(H2,14,15,16);1H. The van der Waals surface area contributed by atoms with Gasteiger partial charge in [0.25, 0.3) is 0 Å². The van der Waals surface area contributed by atoms with Crippen molar-refractivity contribution in [2.45, 2.75) is 18.4 Å². The summed E-state index contributed by atoms with van der Waals surface area (Å²) in [7, 11) is 5.98. The number of terminal acetylenes is 1. The second-order valence-corrected chi connectivity index (χ2v) is 4.71. The highest BCUT2D eigenvalue weighted by molar-refractivity contribution is 14.0. The van der Waals surface area contributed by atoms with E-state index < -0.39 is 0 Å². The molecular formula is C13H25IN4O. The first kappa shape index (κ1) is 18.5. The van der Waals surface area contributed by atoms with Crippen molar-refractivity contribution in [3.05, 3.63) is 0 Å². The molecular weight excluding hydrogens is 355 g/mol. The second kappa shape index (κ2) is 9.39. The molecule has 1 saturated heterocycles. The van der Waals surface area contributed by atoms with Crippen LogP contribution in [0, 0.1) is 12.3 Å². The first-order valence-corrected chi connectivity index (χ1v) is 6.28. The van der Waals surface area contributed by atoms with Crippen LogP contribution in [0.1, 0.15) is 12.8 Å². The maximum absolute atomic E-state index is 5.45. The topological polar surface area (TPSA) is 48.9 Å². The lowest BCUT2D eigenvalue weighted by Gasteiger charge is -2.43. The number of nitrogens with zero attached hydrogens (tertiary/aromatic N) is 2. The maximum Gasteiger partial charge on any atom is 0.191 e. The van der Waals surface area contributed by atoms with Gasteiger partial charge >= 0.3 is 0 Å². The highest BCUT2D eigenvalue weighted by atomic mass is 127. The Morgan fingerprint density at radius 1 is 1.37 bits per heavy atom. The van der Waals surface area contributed by atoms with Crippen LogP contribution < -0.4 is 10.6 Å². The van der Waals surface area contributed by atoms with E-state index in [0.29, 0.717) is 6.54 Å². The van der Waals surface area contributed by atoms with Crippen LogP contribution in [0.15, 0.2) is 4.99 Å². The van der Waals surface area contributed by atoms with Crippen molar-refractivity contribution in [1.29, 1.82) is 0 Å². The number of hydrogen-bond donors (Lipinski definition) is 2. The Kier molecular flexibility index (Phi) is 9.14. The number of rotatable bonds is 4. The number of aliphatic imine (C=N–C) groups is 1. The number of ether oxygens (including phenoxy) is 1. The summed E-state index contributed by atoms with van der Waals surface area (Å²) in [6.45, 7) is 2.96. The van der Waals surface area contributed by atoms with E-state index in [1.807, 2.05) is 0 Å². The number of guanidine groups is 1. The van der Waals surface area contributed by atoms with E-state index in [-0.39, 0.29) is 29.5 Å². The van der Waals surface area contributed by atoms with Gasteiger partial charge in [0.15, 0.2) is 5.96 Å². The van der Waals surface area contributed by atoms with E-state index in [9.17, 15) is 0 Å². The van der Waals surface area contributed by atoms with Crippen molar-refractivity contribution < 1.29 is 4.74 Å². The van der Waals surface area contributed by atoms with Crippen LogP contribution in [0.5, 0.6) is 0 Å². The fourth-order valence-corrected chi connectivity index (χ4v) is 2.14. The zero-order chi connectivity index (χ0) is 13.4. The average molecular weight is 380 g/mol. The lowest BCUT2D eigenvalue weighted by Crippen LogP contribution is -2.57. The summed E-state index contributed by atoms with van der Waals surface area (Å²) in [6.07, 6.45) is 7.28. The van der Waals surface area contributed by atoms with Gasteiger partial charge in [-0.3, -0.25) is 4.99 Å². The van der Waals surface area contributed by atoms with E-state index in [4.69, 9.17) is 11.2 Å². The number of halogens is 1. The van der Waals surface area contributed by atoms with Crippen LogP contribution in [-0.4, -0.2) is 63.8 Å². The Labute approximate surface area is 133 Å². The van der Waals surface area contributed by atoms with E-state index in [1.165, 1.54) is 0 Å². The molecule has 2 N–H and O–H groups in total. The third-order valence-electron chi connectivity index (χ3n) is 3.54. The summed E-state index contributed by atoms with van der Waals surface area (Å²) in [5.74, 6) is 3.29. The molecule has 0 saturated carbocycles. The van der Waals surface area contributed by atoms with Crippen LogP contribution >= 0.6 is 24.0 Å². The second-order valence-electron chi connectivity index (χ2n) is 4.71. The monoisotopic (exact) mass is 380 g/mol. The minimum Gasteiger partial charge on any atom is -0.381 e. The van der Waals surface area contributed by atoms with Gasteiger partial charge in [0.1, 0.15) is 0 Å². The molecule has 0 unspecified atom stereocenters. The molecule has 1 fully saturated rings. The molecule has 5 nitrogen and oxygen atoms in total. The zero-order valence-electron chi connectivity index (χ0n) is 12.0. The molecule has 19 heavy (non-hydrogen) atoms. The summed E-state index contributed by atoms with van der Waals surface area (Å²) in [5, 5.41) is 6.41. The molecule has 1 aliphatic rings. The third-order valence-corrected chi connectivity index (χ3v) is 3.54. The van der Waals surface area contributed by atoms with Crippen LogP contribution in [-0.2, 0) is 4.74 Å². The zero-order valence-corrected chi connectivity index (χ0v) is 14.4. The number of likely N-dealkylation sites (N-methyl/N-ethyl adjacent to an activating group) is 1. The van der Waals surface area contributed by atoms with E-state index >= 15 is 0 Å². The molecule has 1 heterocycles. The SMILES string of the molecule is C#CCNC(=NC)NCC1(N(C)C)CCOCC1.I. The Morgan fingerprint density at radius 2 is 2.00 bits per heavy atom. The minimum atomic E-state index is 0. The summed E-state index contributed by atoms with van der Waals surface area (Å²) in [5.41, 5.74) is 0.131. The quantitative estimate of drug-likeness (QED) is 0.323. The maximum atomic E-state index is 5.45. The van der Waals surface area contributed by atoms with Crippen LogP contribution in [0.2, 0.25) is 0 Å². The first-order chi connectivity index (χ1) is 8.64. The van der Waals surface area contributed by atoms with Crippen LogP contribution in [0.3, 0.4) is 0 Å². The molecule has 0 aliphatic carbocycles. The Bertz CT molecular complexity index is 319. The number of nitrogens with one attached hydrogen (secondary N) is 2. The van der Waals surface area contributed by atoms with E-state index in [1.54, 1.807) is 7.05 Å². The molecule has 0 aromatic rings. The molecule has 0 aromatic heterocycles. The highest BCUT2D eigenvalue weighted by Crippen LogP contribution is 2.24. The summed E-state index contributed by atoms with van der Waals surface area (Å²) in [6, 6.07) is 0. The molecule has 0 aromatic carbocycles. The van der Waals surface area contributed by atoms with Crippen molar-refractivity contribution >= 4 is 29.9 Å². The van der Waals surface area contributed by atoms with E-state index in [0.717, 1.165) is 38.6 Å². The van der Waals surface area contributed by atoms with Gasteiger partial charge in [0, 0.05) is 32.3 Å². The van der Waals surface area contributed by atoms with Crippen molar-refractivity contribution in [2.75, 3.05) is 47.4 Å². The molecule has 110 valence electrons. The van der Waals surface area contributed by atoms with Gasteiger partial charge in [-0.05, 0) is 26.9 Å².